The minimum atomic E-state index is -0.373. The third-order valence-corrected chi connectivity index (χ3v) is 5.86. The molecule has 0 aliphatic rings. The molecule has 0 fully saturated rings. The Morgan fingerprint density at radius 2 is 1.96 bits per heavy atom. The van der Waals surface area contributed by atoms with Crippen LogP contribution in [0.5, 0.6) is 0 Å². The van der Waals surface area contributed by atoms with Crippen molar-refractivity contribution in [3.63, 3.8) is 0 Å². The lowest BCUT2D eigenvalue weighted by Gasteiger charge is -2.06. The zero-order valence-corrected chi connectivity index (χ0v) is 15.5. The van der Waals surface area contributed by atoms with Crippen LogP contribution in [0.1, 0.15) is 34.0 Å². The van der Waals surface area contributed by atoms with Gasteiger partial charge in [0.1, 0.15) is 16.0 Å². The predicted molar refractivity (Wildman–Crippen MR) is 101 cm³/mol. The molecular formula is C19H16N2O2S2. The fourth-order valence-corrected chi connectivity index (χ4v) is 4.36. The standard InChI is InChI=1S/C19H16N2O2S2/c1-3-15-14(11-20)16(17(25-15)19(22)23-4-2)12-5-7-13(8-6-12)18-21-9-10-24-18/h5-10H,3-4H2,1-2H3. The lowest BCUT2D eigenvalue weighted by molar-refractivity contribution is 0.0533. The van der Waals surface area contributed by atoms with Crippen LogP contribution in [-0.4, -0.2) is 17.6 Å². The number of nitrogens with zero attached hydrogens (tertiary/aromatic N) is 2. The van der Waals surface area contributed by atoms with E-state index in [1.165, 1.54) is 11.3 Å². The van der Waals surface area contributed by atoms with Crippen LogP contribution in [0.25, 0.3) is 21.7 Å². The van der Waals surface area contributed by atoms with E-state index < -0.39 is 0 Å². The highest BCUT2D eigenvalue weighted by Crippen LogP contribution is 2.38. The Balaban J connectivity index is 2.10. The van der Waals surface area contributed by atoms with Gasteiger partial charge in [-0.2, -0.15) is 5.26 Å². The Labute approximate surface area is 154 Å². The first-order chi connectivity index (χ1) is 12.2. The van der Waals surface area contributed by atoms with Gasteiger partial charge in [0.25, 0.3) is 0 Å². The number of rotatable bonds is 5. The van der Waals surface area contributed by atoms with Crippen molar-refractivity contribution < 1.29 is 9.53 Å². The number of carbonyl (C=O) groups excluding carboxylic acids is 1. The highest BCUT2D eigenvalue weighted by atomic mass is 32.1. The molecule has 3 rings (SSSR count). The number of hydrogen-bond acceptors (Lipinski definition) is 6. The maximum Gasteiger partial charge on any atom is 0.348 e. The van der Waals surface area contributed by atoms with E-state index >= 15 is 0 Å². The molecule has 0 saturated carbocycles. The molecule has 0 amide bonds. The quantitative estimate of drug-likeness (QED) is 0.584. The number of benzene rings is 1. The average Bonchev–Trinajstić information content (AvgIpc) is 3.29. The molecule has 2 heterocycles. The van der Waals surface area contributed by atoms with Gasteiger partial charge >= 0.3 is 5.97 Å². The van der Waals surface area contributed by atoms with E-state index in [0.29, 0.717) is 29.0 Å². The molecule has 6 heteroatoms. The molecule has 0 spiro atoms. The Kier molecular flexibility index (Phi) is 5.27. The molecule has 25 heavy (non-hydrogen) atoms. The van der Waals surface area contributed by atoms with Crippen molar-refractivity contribution in [3.8, 4) is 27.8 Å². The first-order valence-electron chi connectivity index (χ1n) is 7.92. The number of aromatic nitrogens is 1. The molecule has 0 radical (unpaired) electrons. The summed E-state index contributed by atoms with van der Waals surface area (Å²) in [4.78, 5) is 18.1. The van der Waals surface area contributed by atoms with Gasteiger partial charge in [-0.1, -0.05) is 31.2 Å². The van der Waals surface area contributed by atoms with Crippen LogP contribution in [-0.2, 0) is 11.2 Å². The van der Waals surface area contributed by atoms with Gasteiger partial charge in [0, 0.05) is 27.6 Å². The zero-order chi connectivity index (χ0) is 17.8. The minimum Gasteiger partial charge on any atom is -0.462 e. The van der Waals surface area contributed by atoms with Crippen LogP contribution in [0.15, 0.2) is 35.8 Å². The third kappa shape index (κ3) is 3.34. The minimum absolute atomic E-state index is 0.308. The first-order valence-corrected chi connectivity index (χ1v) is 9.62. The zero-order valence-electron chi connectivity index (χ0n) is 13.9. The second-order valence-electron chi connectivity index (χ2n) is 5.20. The molecule has 0 atom stereocenters. The number of esters is 1. The summed E-state index contributed by atoms with van der Waals surface area (Å²) in [6.45, 7) is 4.07. The van der Waals surface area contributed by atoms with Gasteiger partial charge in [0.2, 0.25) is 0 Å². The molecule has 2 aromatic heterocycles. The smallest absolute Gasteiger partial charge is 0.348 e. The number of ether oxygens (including phenoxy) is 1. The van der Waals surface area contributed by atoms with Crippen LogP contribution in [0, 0.1) is 11.3 Å². The maximum atomic E-state index is 12.4. The van der Waals surface area contributed by atoms with Gasteiger partial charge in [-0.3, -0.25) is 0 Å². The van der Waals surface area contributed by atoms with Crippen LogP contribution >= 0.6 is 22.7 Å². The largest absolute Gasteiger partial charge is 0.462 e. The fourth-order valence-electron chi connectivity index (χ4n) is 2.61. The summed E-state index contributed by atoms with van der Waals surface area (Å²) >= 11 is 2.92. The molecule has 0 unspecified atom stereocenters. The SMILES string of the molecule is CCOC(=O)c1sc(CC)c(C#N)c1-c1ccc(-c2nccs2)cc1. The van der Waals surface area contributed by atoms with Gasteiger partial charge in [-0.15, -0.1) is 22.7 Å². The van der Waals surface area contributed by atoms with Crippen molar-refractivity contribution in [2.75, 3.05) is 6.61 Å². The number of thiophene rings is 1. The lowest BCUT2D eigenvalue weighted by atomic mass is 9.99. The summed E-state index contributed by atoms with van der Waals surface area (Å²) in [5.41, 5.74) is 3.10. The Bertz CT molecular complexity index is 920. The number of carbonyl (C=O) groups is 1. The van der Waals surface area contributed by atoms with Gasteiger partial charge in [0.05, 0.1) is 12.2 Å². The number of hydrogen-bond donors (Lipinski definition) is 0. The first kappa shape index (κ1) is 17.3. The van der Waals surface area contributed by atoms with Crippen molar-refractivity contribution in [1.29, 1.82) is 5.26 Å². The topological polar surface area (TPSA) is 63.0 Å². The molecule has 126 valence electrons. The van der Waals surface area contributed by atoms with Crippen molar-refractivity contribution in [2.24, 2.45) is 0 Å². The molecule has 0 N–H and O–H groups in total. The number of aryl methyl sites for hydroxylation is 1. The van der Waals surface area contributed by atoms with Gasteiger partial charge in [-0.05, 0) is 18.9 Å². The third-order valence-electron chi connectivity index (χ3n) is 3.73. The summed E-state index contributed by atoms with van der Waals surface area (Å²) in [6, 6.07) is 10.1. The molecular weight excluding hydrogens is 352 g/mol. The normalized spacial score (nSPS) is 10.4. The van der Waals surface area contributed by atoms with Gasteiger partial charge in [-0.25, -0.2) is 9.78 Å². The molecule has 0 aliphatic carbocycles. The van der Waals surface area contributed by atoms with E-state index in [9.17, 15) is 10.1 Å². The van der Waals surface area contributed by atoms with Gasteiger partial charge < -0.3 is 4.74 Å². The van der Waals surface area contributed by atoms with Crippen LogP contribution in [0.3, 0.4) is 0 Å². The summed E-state index contributed by atoms with van der Waals surface area (Å²) in [5, 5.41) is 12.5. The van der Waals surface area contributed by atoms with Crippen LogP contribution in [0.2, 0.25) is 0 Å². The molecule has 0 aliphatic heterocycles. The van der Waals surface area contributed by atoms with E-state index in [2.05, 4.69) is 11.1 Å². The predicted octanol–water partition coefficient (Wildman–Crippen LogP) is 5.15. The van der Waals surface area contributed by atoms with Crippen molar-refractivity contribution in [2.45, 2.75) is 20.3 Å². The fraction of sp³-hybridized carbons (Fsp3) is 0.211. The molecule has 1 aromatic carbocycles. The van der Waals surface area contributed by atoms with Crippen molar-refractivity contribution >= 4 is 28.6 Å². The Morgan fingerprint density at radius 1 is 1.24 bits per heavy atom. The van der Waals surface area contributed by atoms with Crippen molar-refractivity contribution in [1.82, 2.24) is 4.98 Å². The second kappa shape index (κ2) is 7.60. The average molecular weight is 368 g/mol. The molecule has 4 nitrogen and oxygen atoms in total. The Morgan fingerprint density at radius 3 is 2.52 bits per heavy atom. The summed E-state index contributed by atoms with van der Waals surface area (Å²) < 4.78 is 5.18. The van der Waals surface area contributed by atoms with Gasteiger partial charge in [0.15, 0.2) is 0 Å². The van der Waals surface area contributed by atoms with Crippen LogP contribution in [0.4, 0.5) is 0 Å². The molecule has 0 bridgehead atoms. The Hall–Kier alpha value is -2.49. The maximum absolute atomic E-state index is 12.4. The highest BCUT2D eigenvalue weighted by molar-refractivity contribution is 7.14. The van der Waals surface area contributed by atoms with E-state index in [1.807, 2.05) is 36.6 Å². The van der Waals surface area contributed by atoms with E-state index in [0.717, 1.165) is 21.0 Å². The monoisotopic (exact) mass is 368 g/mol. The molecule has 0 saturated heterocycles. The summed E-state index contributed by atoms with van der Waals surface area (Å²) in [6.07, 6.45) is 2.48. The summed E-state index contributed by atoms with van der Waals surface area (Å²) in [5.74, 6) is -0.373. The lowest BCUT2D eigenvalue weighted by Crippen LogP contribution is -2.04. The summed E-state index contributed by atoms with van der Waals surface area (Å²) in [7, 11) is 0. The van der Waals surface area contributed by atoms with E-state index in [1.54, 1.807) is 24.5 Å². The van der Waals surface area contributed by atoms with E-state index in [-0.39, 0.29) is 5.97 Å². The van der Waals surface area contributed by atoms with Crippen molar-refractivity contribution in [3.05, 3.63) is 51.2 Å². The van der Waals surface area contributed by atoms with Crippen LogP contribution < -0.4 is 0 Å². The molecule has 3 aromatic rings. The second-order valence-corrected chi connectivity index (χ2v) is 7.20. The van der Waals surface area contributed by atoms with E-state index in [4.69, 9.17) is 4.74 Å². The number of thiazole rings is 1. The highest BCUT2D eigenvalue weighted by Gasteiger charge is 2.24. The number of nitriles is 1.